The number of anilines is 1. The van der Waals surface area contributed by atoms with Gasteiger partial charge in [-0.15, -0.1) is 0 Å². The summed E-state index contributed by atoms with van der Waals surface area (Å²) in [5.74, 6) is 0.475. The average Bonchev–Trinajstić information content (AvgIpc) is 2.97. The van der Waals surface area contributed by atoms with Gasteiger partial charge in [0.15, 0.2) is 5.65 Å². The van der Waals surface area contributed by atoms with Crippen molar-refractivity contribution in [1.82, 2.24) is 25.1 Å². The third-order valence-electron chi connectivity index (χ3n) is 4.25. The predicted molar refractivity (Wildman–Crippen MR) is 94.0 cm³/mol. The third-order valence-corrected chi connectivity index (χ3v) is 4.78. The fourth-order valence-electron chi connectivity index (χ4n) is 3.10. The van der Waals surface area contributed by atoms with Crippen molar-refractivity contribution in [3.63, 3.8) is 0 Å². The van der Waals surface area contributed by atoms with Crippen molar-refractivity contribution in [3.05, 3.63) is 35.1 Å². The summed E-state index contributed by atoms with van der Waals surface area (Å²) in [6, 6.07) is 8.36. The first kappa shape index (κ1) is 14.6. The van der Waals surface area contributed by atoms with Crippen LogP contribution in [-0.4, -0.2) is 32.8 Å². The molecule has 118 valence electrons. The number of piperidine rings is 1. The standard InChI is InChI=1S/C16H17BrN6/c17-11-5-3-10(4-6-11)14-13-15(18)20-9-21-16(13)23(22-14)12-2-1-7-19-8-12/h3-6,9,12,19H,1-2,7-8H2,(H2,18,20,21)/t12-/m1/s1. The Morgan fingerprint density at radius 2 is 2.04 bits per heavy atom. The Hall–Kier alpha value is -1.99. The van der Waals surface area contributed by atoms with E-state index in [0.717, 1.165) is 52.7 Å². The Bertz CT molecular complexity index is 836. The van der Waals surface area contributed by atoms with Crippen LogP contribution in [0.1, 0.15) is 18.9 Å². The molecule has 23 heavy (non-hydrogen) atoms. The van der Waals surface area contributed by atoms with Crippen molar-refractivity contribution in [1.29, 1.82) is 0 Å². The first-order valence-corrected chi connectivity index (χ1v) is 8.48. The molecule has 4 rings (SSSR count). The molecule has 0 bridgehead atoms. The van der Waals surface area contributed by atoms with E-state index >= 15 is 0 Å². The van der Waals surface area contributed by atoms with Crippen molar-refractivity contribution >= 4 is 32.8 Å². The zero-order valence-corrected chi connectivity index (χ0v) is 14.1. The van der Waals surface area contributed by atoms with E-state index in [-0.39, 0.29) is 0 Å². The second-order valence-corrected chi connectivity index (χ2v) is 6.67. The lowest BCUT2D eigenvalue weighted by atomic mass is 10.1. The molecule has 1 fully saturated rings. The first-order chi connectivity index (χ1) is 11.2. The maximum atomic E-state index is 6.14. The van der Waals surface area contributed by atoms with Crippen LogP contribution in [0.3, 0.4) is 0 Å². The van der Waals surface area contributed by atoms with Crippen molar-refractivity contribution < 1.29 is 0 Å². The van der Waals surface area contributed by atoms with Gasteiger partial charge in [0.1, 0.15) is 17.8 Å². The van der Waals surface area contributed by atoms with E-state index in [1.165, 1.54) is 6.33 Å². The molecule has 0 spiro atoms. The minimum absolute atomic E-state index is 0.296. The van der Waals surface area contributed by atoms with Crippen LogP contribution in [0.2, 0.25) is 0 Å². The highest BCUT2D eigenvalue weighted by atomic mass is 79.9. The molecule has 7 heteroatoms. The summed E-state index contributed by atoms with van der Waals surface area (Å²) in [6.45, 7) is 1.97. The van der Waals surface area contributed by atoms with Gasteiger partial charge in [-0.2, -0.15) is 5.10 Å². The van der Waals surface area contributed by atoms with E-state index in [1.54, 1.807) is 0 Å². The lowest BCUT2D eigenvalue weighted by molar-refractivity contribution is 0.354. The molecule has 1 atom stereocenters. The third kappa shape index (κ3) is 2.60. The predicted octanol–water partition coefficient (Wildman–Crippen LogP) is 2.76. The summed E-state index contributed by atoms with van der Waals surface area (Å²) in [4.78, 5) is 8.61. The highest BCUT2D eigenvalue weighted by Gasteiger charge is 2.23. The normalized spacial score (nSPS) is 18.4. The maximum Gasteiger partial charge on any atom is 0.164 e. The highest BCUT2D eigenvalue weighted by Crippen LogP contribution is 2.33. The topological polar surface area (TPSA) is 81.7 Å². The molecule has 3 N–H and O–H groups in total. The number of benzene rings is 1. The molecule has 1 aliphatic rings. The summed E-state index contributed by atoms with van der Waals surface area (Å²) in [5, 5.41) is 9.11. The lowest BCUT2D eigenvalue weighted by Gasteiger charge is -2.23. The van der Waals surface area contributed by atoms with E-state index < -0.39 is 0 Å². The number of nitrogens with one attached hydrogen (secondary N) is 1. The summed E-state index contributed by atoms with van der Waals surface area (Å²) < 4.78 is 3.04. The van der Waals surface area contributed by atoms with Crippen LogP contribution in [-0.2, 0) is 0 Å². The first-order valence-electron chi connectivity index (χ1n) is 7.69. The molecule has 1 aliphatic heterocycles. The Labute approximate surface area is 142 Å². The van der Waals surface area contributed by atoms with Crippen molar-refractivity contribution in [3.8, 4) is 11.3 Å². The van der Waals surface area contributed by atoms with E-state index in [2.05, 4.69) is 31.2 Å². The number of nitrogens with zero attached hydrogens (tertiary/aromatic N) is 4. The van der Waals surface area contributed by atoms with Crippen LogP contribution in [0, 0.1) is 0 Å². The molecular weight excluding hydrogens is 356 g/mol. The molecule has 0 radical (unpaired) electrons. The van der Waals surface area contributed by atoms with Crippen molar-refractivity contribution in [2.45, 2.75) is 18.9 Å². The minimum Gasteiger partial charge on any atom is -0.383 e. The molecule has 0 saturated carbocycles. The van der Waals surface area contributed by atoms with Gasteiger partial charge in [-0.1, -0.05) is 28.1 Å². The molecule has 3 heterocycles. The molecule has 0 amide bonds. The van der Waals surface area contributed by atoms with Gasteiger partial charge in [-0.05, 0) is 31.5 Å². The maximum absolute atomic E-state index is 6.14. The van der Waals surface area contributed by atoms with Gasteiger partial charge in [-0.25, -0.2) is 14.6 Å². The number of hydrogen-bond donors (Lipinski definition) is 2. The van der Waals surface area contributed by atoms with Gasteiger partial charge in [-0.3, -0.25) is 0 Å². The number of hydrogen-bond acceptors (Lipinski definition) is 5. The van der Waals surface area contributed by atoms with E-state index in [4.69, 9.17) is 10.8 Å². The van der Waals surface area contributed by atoms with Crippen LogP contribution in [0.5, 0.6) is 0 Å². The fourth-order valence-corrected chi connectivity index (χ4v) is 3.37. The number of fused-ring (bicyclic) bond motifs is 1. The van der Waals surface area contributed by atoms with Gasteiger partial charge in [0.25, 0.3) is 0 Å². The molecule has 2 aromatic heterocycles. The largest absolute Gasteiger partial charge is 0.383 e. The lowest BCUT2D eigenvalue weighted by Crippen LogP contribution is -2.32. The molecule has 6 nitrogen and oxygen atoms in total. The average molecular weight is 373 g/mol. The van der Waals surface area contributed by atoms with E-state index in [1.807, 2.05) is 28.9 Å². The van der Waals surface area contributed by atoms with E-state index in [9.17, 15) is 0 Å². The smallest absolute Gasteiger partial charge is 0.164 e. The second-order valence-electron chi connectivity index (χ2n) is 5.76. The van der Waals surface area contributed by atoms with Crippen LogP contribution in [0.15, 0.2) is 35.1 Å². The van der Waals surface area contributed by atoms with Crippen LogP contribution in [0.25, 0.3) is 22.3 Å². The number of aromatic nitrogens is 4. The molecule has 1 aromatic carbocycles. The Morgan fingerprint density at radius 1 is 1.22 bits per heavy atom. The summed E-state index contributed by atoms with van der Waals surface area (Å²) in [6.07, 6.45) is 3.74. The molecule has 0 unspecified atom stereocenters. The quantitative estimate of drug-likeness (QED) is 0.722. The fraction of sp³-hybridized carbons (Fsp3) is 0.312. The Kier molecular flexibility index (Phi) is 3.74. The Balaban J connectivity index is 1.91. The van der Waals surface area contributed by atoms with Crippen LogP contribution < -0.4 is 11.1 Å². The highest BCUT2D eigenvalue weighted by molar-refractivity contribution is 9.10. The number of nitrogen functional groups attached to an aromatic ring is 1. The van der Waals surface area contributed by atoms with Crippen LogP contribution in [0.4, 0.5) is 5.82 Å². The summed E-state index contributed by atoms with van der Waals surface area (Å²) in [7, 11) is 0. The molecule has 3 aromatic rings. The van der Waals surface area contributed by atoms with Gasteiger partial charge >= 0.3 is 0 Å². The van der Waals surface area contributed by atoms with Crippen LogP contribution >= 0.6 is 15.9 Å². The Morgan fingerprint density at radius 3 is 2.78 bits per heavy atom. The van der Waals surface area contributed by atoms with Gasteiger partial charge in [0, 0.05) is 16.6 Å². The zero-order valence-electron chi connectivity index (χ0n) is 12.5. The number of nitrogens with two attached hydrogens (primary N) is 1. The summed E-state index contributed by atoms with van der Waals surface area (Å²) >= 11 is 3.47. The van der Waals surface area contributed by atoms with Gasteiger partial charge in [0.05, 0.1) is 11.4 Å². The molecule has 1 saturated heterocycles. The SMILES string of the molecule is Nc1ncnc2c1c(-c1ccc(Br)cc1)nn2[C@@H]1CCCNC1. The van der Waals surface area contributed by atoms with Crippen molar-refractivity contribution in [2.75, 3.05) is 18.8 Å². The second kappa shape index (κ2) is 5.90. The van der Waals surface area contributed by atoms with Crippen molar-refractivity contribution in [2.24, 2.45) is 0 Å². The van der Waals surface area contributed by atoms with Gasteiger partial charge < -0.3 is 11.1 Å². The zero-order chi connectivity index (χ0) is 15.8. The number of halogens is 1. The molecule has 0 aliphatic carbocycles. The monoisotopic (exact) mass is 372 g/mol. The molecular formula is C16H17BrN6. The minimum atomic E-state index is 0.296. The number of rotatable bonds is 2. The van der Waals surface area contributed by atoms with Gasteiger partial charge in [0.2, 0.25) is 0 Å². The van der Waals surface area contributed by atoms with E-state index in [0.29, 0.717) is 11.9 Å². The summed E-state index contributed by atoms with van der Waals surface area (Å²) in [5.41, 5.74) is 8.81.